The third kappa shape index (κ3) is 3.45. The molecule has 0 amide bonds. The van der Waals surface area contributed by atoms with Crippen LogP contribution in [0.3, 0.4) is 0 Å². The monoisotopic (exact) mass is 402 g/mol. The summed E-state index contributed by atoms with van der Waals surface area (Å²) >= 11 is 3.06. The number of halogens is 1. The number of aromatic nitrogens is 1. The second-order valence-corrected chi connectivity index (χ2v) is 5.97. The van der Waals surface area contributed by atoms with Gasteiger partial charge in [0.2, 0.25) is 0 Å². The maximum atomic E-state index is 11.0. The molecule has 1 heterocycles. The lowest BCUT2D eigenvalue weighted by atomic mass is 10.3. The molecule has 2 rings (SSSR count). The van der Waals surface area contributed by atoms with Crippen LogP contribution in [0.4, 0.5) is 5.69 Å². The van der Waals surface area contributed by atoms with E-state index in [0.717, 1.165) is 15.3 Å². The van der Waals surface area contributed by atoms with Gasteiger partial charge in [0.05, 0.1) is 15.4 Å². The molecular weight excluding hydrogens is 395 g/mol. The zero-order valence-corrected chi connectivity index (χ0v) is 12.8. The van der Waals surface area contributed by atoms with E-state index in [1.54, 1.807) is 12.1 Å². The van der Waals surface area contributed by atoms with Gasteiger partial charge in [-0.25, -0.2) is 9.78 Å². The van der Waals surface area contributed by atoms with Gasteiger partial charge >= 0.3 is 5.97 Å². The number of carboxylic acid groups (broad SMARTS) is 1. The predicted molar refractivity (Wildman–Crippen MR) is 81.1 cm³/mol. The zero-order chi connectivity index (χ0) is 14.7. The van der Waals surface area contributed by atoms with Crippen LogP contribution in [0.5, 0.6) is 0 Å². The molecule has 2 aromatic rings. The van der Waals surface area contributed by atoms with Gasteiger partial charge in [0, 0.05) is 15.8 Å². The van der Waals surface area contributed by atoms with Crippen molar-refractivity contribution >= 4 is 46.0 Å². The Hall–Kier alpha value is -1.68. The molecule has 0 saturated heterocycles. The Morgan fingerprint density at radius 3 is 2.75 bits per heavy atom. The molecule has 1 aromatic heterocycles. The summed E-state index contributed by atoms with van der Waals surface area (Å²) in [6.07, 6.45) is 1.37. The van der Waals surface area contributed by atoms with E-state index >= 15 is 0 Å². The average molecular weight is 402 g/mol. The lowest BCUT2D eigenvalue weighted by Crippen LogP contribution is -1.97. The van der Waals surface area contributed by atoms with Crippen LogP contribution < -0.4 is 0 Å². The number of hydrogen-bond donors (Lipinski definition) is 1. The van der Waals surface area contributed by atoms with Gasteiger partial charge in [0.25, 0.3) is 5.69 Å². The highest BCUT2D eigenvalue weighted by molar-refractivity contribution is 14.1. The summed E-state index contributed by atoms with van der Waals surface area (Å²) in [6.45, 7) is 0. The standard InChI is InChI=1S/C12H7IN2O4S/c13-8-1-2-10(9(6-8)15(18)19)20-11-5-7(12(16)17)3-4-14-11/h1-6H,(H,16,17). The molecule has 0 aliphatic carbocycles. The molecule has 0 aliphatic rings. The van der Waals surface area contributed by atoms with Crippen LogP contribution in [0.25, 0.3) is 0 Å². The molecule has 1 N–H and O–H groups in total. The van der Waals surface area contributed by atoms with E-state index in [9.17, 15) is 14.9 Å². The first-order valence-electron chi connectivity index (χ1n) is 5.28. The molecule has 20 heavy (non-hydrogen) atoms. The van der Waals surface area contributed by atoms with Gasteiger partial charge in [-0.3, -0.25) is 10.1 Å². The number of benzene rings is 1. The SMILES string of the molecule is O=C(O)c1ccnc(Sc2ccc(I)cc2[N+](=O)[O-])c1. The van der Waals surface area contributed by atoms with Crippen LogP contribution in [0.2, 0.25) is 0 Å². The van der Waals surface area contributed by atoms with Crippen molar-refractivity contribution in [3.8, 4) is 0 Å². The van der Waals surface area contributed by atoms with Crippen LogP contribution >= 0.6 is 34.4 Å². The van der Waals surface area contributed by atoms with E-state index in [2.05, 4.69) is 4.98 Å². The highest BCUT2D eigenvalue weighted by Crippen LogP contribution is 2.34. The van der Waals surface area contributed by atoms with Crippen LogP contribution in [0.15, 0.2) is 46.5 Å². The number of nitro benzene ring substituents is 1. The molecule has 0 radical (unpaired) electrons. The van der Waals surface area contributed by atoms with Crippen molar-refractivity contribution in [2.75, 3.05) is 0 Å². The first-order valence-corrected chi connectivity index (χ1v) is 7.18. The van der Waals surface area contributed by atoms with Crippen molar-refractivity contribution in [1.82, 2.24) is 4.98 Å². The summed E-state index contributed by atoms with van der Waals surface area (Å²) in [5.74, 6) is -1.06. The van der Waals surface area contributed by atoms with Crippen molar-refractivity contribution in [3.63, 3.8) is 0 Å². The van der Waals surface area contributed by atoms with Crippen molar-refractivity contribution in [3.05, 3.63) is 55.8 Å². The number of nitrogens with zero attached hydrogens (tertiary/aromatic N) is 2. The third-order valence-electron chi connectivity index (χ3n) is 2.31. The minimum Gasteiger partial charge on any atom is -0.478 e. The van der Waals surface area contributed by atoms with Gasteiger partial charge in [-0.1, -0.05) is 11.8 Å². The minimum atomic E-state index is -1.06. The summed E-state index contributed by atoms with van der Waals surface area (Å²) < 4.78 is 0.755. The Balaban J connectivity index is 2.37. The van der Waals surface area contributed by atoms with Gasteiger partial charge in [-0.05, 0) is 46.9 Å². The number of rotatable bonds is 4. The molecule has 0 unspecified atom stereocenters. The predicted octanol–water partition coefficient (Wildman–Crippen LogP) is 3.44. The molecule has 0 spiro atoms. The Bertz CT molecular complexity index is 693. The second kappa shape index (κ2) is 6.18. The van der Waals surface area contributed by atoms with Gasteiger partial charge < -0.3 is 5.11 Å². The first-order chi connectivity index (χ1) is 9.47. The molecule has 6 nitrogen and oxygen atoms in total. The molecule has 0 fully saturated rings. The maximum Gasteiger partial charge on any atom is 0.335 e. The van der Waals surface area contributed by atoms with Crippen molar-refractivity contribution in [1.29, 1.82) is 0 Å². The molecule has 1 aromatic carbocycles. The lowest BCUT2D eigenvalue weighted by molar-refractivity contribution is -0.387. The van der Waals surface area contributed by atoms with E-state index in [0.29, 0.717) is 9.92 Å². The van der Waals surface area contributed by atoms with Crippen LogP contribution in [-0.4, -0.2) is 21.0 Å². The highest BCUT2D eigenvalue weighted by Gasteiger charge is 2.16. The fraction of sp³-hybridized carbons (Fsp3) is 0. The zero-order valence-electron chi connectivity index (χ0n) is 9.82. The second-order valence-electron chi connectivity index (χ2n) is 3.66. The Labute approximate surface area is 131 Å². The number of carbonyl (C=O) groups is 1. The van der Waals surface area contributed by atoms with Crippen LogP contribution in [0, 0.1) is 13.7 Å². The molecular formula is C12H7IN2O4S. The van der Waals surface area contributed by atoms with E-state index in [-0.39, 0.29) is 11.3 Å². The molecule has 0 atom stereocenters. The average Bonchev–Trinajstić information content (AvgIpc) is 2.41. The van der Waals surface area contributed by atoms with Gasteiger partial charge in [0.15, 0.2) is 0 Å². The fourth-order valence-corrected chi connectivity index (χ4v) is 2.80. The van der Waals surface area contributed by atoms with Gasteiger partial charge in [0.1, 0.15) is 5.03 Å². The summed E-state index contributed by atoms with van der Waals surface area (Å²) in [4.78, 5) is 25.9. The van der Waals surface area contributed by atoms with Crippen molar-refractivity contribution in [2.24, 2.45) is 0 Å². The summed E-state index contributed by atoms with van der Waals surface area (Å²) in [5.41, 5.74) is 0.0695. The first kappa shape index (κ1) is 14.7. The number of hydrogen-bond acceptors (Lipinski definition) is 5. The van der Waals surface area contributed by atoms with E-state index in [1.807, 2.05) is 22.6 Å². The van der Waals surface area contributed by atoms with Gasteiger partial charge in [-0.2, -0.15) is 0 Å². The smallest absolute Gasteiger partial charge is 0.335 e. The summed E-state index contributed by atoms with van der Waals surface area (Å²) in [5, 5.41) is 20.3. The molecule has 102 valence electrons. The number of nitro groups is 1. The summed E-state index contributed by atoms with van der Waals surface area (Å²) in [6, 6.07) is 7.59. The van der Waals surface area contributed by atoms with E-state index in [1.165, 1.54) is 24.4 Å². The summed E-state index contributed by atoms with van der Waals surface area (Å²) in [7, 11) is 0. The van der Waals surface area contributed by atoms with Gasteiger partial charge in [-0.15, -0.1) is 0 Å². The quantitative estimate of drug-likeness (QED) is 0.479. The highest BCUT2D eigenvalue weighted by atomic mass is 127. The van der Waals surface area contributed by atoms with Crippen molar-refractivity contribution in [2.45, 2.75) is 9.92 Å². The van der Waals surface area contributed by atoms with Crippen molar-refractivity contribution < 1.29 is 14.8 Å². The Morgan fingerprint density at radius 1 is 1.35 bits per heavy atom. The maximum absolute atomic E-state index is 11.0. The van der Waals surface area contributed by atoms with E-state index in [4.69, 9.17) is 5.11 Å². The molecule has 8 heteroatoms. The Kier molecular flexibility index (Phi) is 4.55. The number of pyridine rings is 1. The van der Waals surface area contributed by atoms with Crippen LogP contribution in [0.1, 0.15) is 10.4 Å². The number of aromatic carboxylic acids is 1. The molecule has 0 aliphatic heterocycles. The molecule has 0 saturated carbocycles. The van der Waals surface area contributed by atoms with E-state index < -0.39 is 10.9 Å². The van der Waals surface area contributed by atoms with Crippen LogP contribution in [-0.2, 0) is 0 Å². The third-order valence-corrected chi connectivity index (χ3v) is 3.98. The lowest BCUT2D eigenvalue weighted by Gasteiger charge is -2.03. The minimum absolute atomic E-state index is 0.0237. The normalized spacial score (nSPS) is 10.2. The number of carboxylic acids is 1. The largest absolute Gasteiger partial charge is 0.478 e. The topological polar surface area (TPSA) is 93.3 Å². The molecule has 0 bridgehead atoms. The Morgan fingerprint density at radius 2 is 2.10 bits per heavy atom. The fourth-order valence-electron chi connectivity index (χ4n) is 1.43.